The fourth-order valence-corrected chi connectivity index (χ4v) is 3.69. The second-order valence-corrected chi connectivity index (χ2v) is 6.68. The van der Waals surface area contributed by atoms with Gasteiger partial charge in [0, 0.05) is 24.0 Å². The first-order valence-corrected chi connectivity index (χ1v) is 8.30. The lowest BCUT2D eigenvalue weighted by molar-refractivity contribution is -0.119. The molecule has 1 heterocycles. The fraction of sp³-hybridized carbons (Fsp3) is 0.200. The number of carbonyl (C=O) groups excluding carboxylic acids is 4. The van der Waals surface area contributed by atoms with Crippen molar-refractivity contribution in [2.45, 2.75) is 25.9 Å². The van der Waals surface area contributed by atoms with E-state index in [1.807, 2.05) is 0 Å². The highest BCUT2D eigenvalue weighted by molar-refractivity contribution is 6.31. The molecule has 1 aliphatic carbocycles. The Labute approximate surface area is 153 Å². The van der Waals surface area contributed by atoms with Gasteiger partial charge in [-0.15, -0.1) is 0 Å². The molecule has 0 saturated heterocycles. The monoisotopic (exact) mass is 366 g/mol. The van der Waals surface area contributed by atoms with Gasteiger partial charge in [0.25, 0.3) is 0 Å². The molecule has 2 aliphatic rings. The minimum Gasteiger partial charge on any atom is -0.507 e. The van der Waals surface area contributed by atoms with Gasteiger partial charge in [0.05, 0.1) is 11.1 Å². The van der Waals surface area contributed by atoms with Gasteiger partial charge in [-0.3, -0.25) is 14.4 Å². The molecule has 1 atom stereocenters. The summed E-state index contributed by atoms with van der Waals surface area (Å²) < 4.78 is 5.19. The Balaban J connectivity index is 1.91. The first-order chi connectivity index (χ1) is 12.8. The second-order valence-electron chi connectivity index (χ2n) is 6.68. The van der Waals surface area contributed by atoms with Crippen LogP contribution in [0.3, 0.4) is 0 Å². The number of rotatable bonds is 2. The number of hydrogen-bond donors (Lipinski definition) is 2. The number of carbonyl (C=O) groups is 4. The van der Waals surface area contributed by atoms with Gasteiger partial charge in [-0.1, -0.05) is 12.1 Å². The summed E-state index contributed by atoms with van der Waals surface area (Å²) >= 11 is 0. The minimum atomic E-state index is -0.855. The fourth-order valence-electron chi connectivity index (χ4n) is 3.69. The number of cyclic esters (lactones) is 1. The molecule has 1 unspecified atom stereocenters. The molecule has 7 nitrogen and oxygen atoms in total. The van der Waals surface area contributed by atoms with Crippen molar-refractivity contribution in [3.8, 4) is 11.5 Å². The number of ether oxygens (including phenoxy) is 1. The van der Waals surface area contributed by atoms with Crippen LogP contribution in [0.2, 0.25) is 0 Å². The van der Waals surface area contributed by atoms with Gasteiger partial charge in [-0.25, -0.2) is 4.79 Å². The Morgan fingerprint density at radius 3 is 2.52 bits per heavy atom. The summed E-state index contributed by atoms with van der Waals surface area (Å²) in [4.78, 5) is 49.3. The average Bonchev–Trinajstić information content (AvgIpc) is 2.58. The maximum absolute atomic E-state index is 12.8. The predicted octanol–water partition coefficient (Wildman–Crippen LogP) is 1.93. The molecule has 7 heteroatoms. The molecule has 2 aromatic carbocycles. The van der Waals surface area contributed by atoms with Crippen LogP contribution in [-0.4, -0.2) is 39.6 Å². The normalized spacial score (nSPS) is 17.7. The largest absolute Gasteiger partial charge is 0.507 e. The molecular formula is C20H14O7. The zero-order valence-corrected chi connectivity index (χ0v) is 14.2. The molecule has 0 bridgehead atoms. The quantitative estimate of drug-likeness (QED) is 0.665. The summed E-state index contributed by atoms with van der Waals surface area (Å²) in [6.45, 7) is 1.37. The predicted molar refractivity (Wildman–Crippen MR) is 91.3 cm³/mol. The highest BCUT2D eigenvalue weighted by atomic mass is 16.5. The minimum absolute atomic E-state index is 0.0204. The molecule has 0 aromatic heterocycles. The Bertz CT molecular complexity index is 1060. The van der Waals surface area contributed by atoms with Gasteiger partial charge in [0.1, 0.15) is 28.9 Å². The van der Waals surface area contributed by atoms with E-state index in [-0.39, 0.29) is 52.2 Å². The molecule has 2 N–H and O–H groups in total. The lowest BCUT2D eigenvalue weighted by Crippen LogP contribution is -2.31. The number of benzene rings is 2. The molecule has 4 rings (SSSR count). The summed E-state index contributed by atoms with van der Waals surface area (Å²) in [5.74, 6) is -3.30. The third-order valence-corrected chi connectivity index (χ3v) is 4.81. The Morgan fingerprint density at radius 2 is 1.81 bits per heavy atom. The topological polar surface area (TPSA) is 118 Å². The third kappa shape index (κ3) is 2.43. The Kier molecular flexibility index (Phi) is 3.62. The van der Waals surface area contributed by atoms with Crippen LogP contribution in [0, 0.1) is 0 Å². The summed E-state index contributed by atoms with van der Waals surface area (Å²) in [6.07, 6.45) is -0.520. The number of phenols is 2. The highest BCUT2D eigenvalue weighted by Gasteiger charge is 2.39. The van der Waals surface area contributed by atoms with Crippen molar-refractivity contribution in [2.75, 3.05) is 0 Å². The molecule has 0 radical (unpaired) electrons. The summed E-state index contributed by atoms with van der Waals surface area (Å²) in [6, 6.07) is 5.53. The maximum Gasteiger partial charge on any atom is 0.342 e. The molecule has 0 fully saturated rings. The van der Waals surface area contributed by atoms with Gasteiger partial charge in [-0.05, 0) is 24.6 Å². The van der Waals surface area contributed by atoms with Crippen molar-refractivity contribution in [3.05, 3.63) is 57.6 Å². The van der Waals surface area contributed by atoms with Gasteiger partial charge < -0.3 is 14.9 Å². The van der Waals surface area contributed by atoms with Crippen molar-refractivity contribution in [1.82, 2.24) is 0 Å². The van der Waals surface area contributed by atoms with Gasteiger partial charge in [0.2, 0.25) is 5.78 Å². The molecule has 0 amide bonds. The van der Waals surface area contributed by atoms with E-state index in [0.717, 1.165) is 0 Å². The third-order valence-electron chi connectivity index (χ3n) is 4.81. The Morgan fingerprint density at radius 1 is 1.07 bits per heavy atom. The van der Waals surface area contributed by atoms with Crippen LogP contribution in [0.15, 0.2) is 24.3 Å². The van der Waals surface area contributed by atoms with E-state index >= 15 is 0 Å². The molecule has 0 spiro atoms. The summed E-state index contributed by atoms with van der Waals surface area (Å²) in [5, 5.41) is 20.6. The smallest absolute Gasteiger partial charge is 0.342 e. The number of phenolic OH excluding ortho intramolecular Hbond substituents is 2. The lowest BCUT2D eigenvalue weighted by atomic mass is 9.79. The molecule has 2 aromatic rings. The maximum atomic E-state index is 12.8. The molecule has 27 heavy (non-hydrogen) atoms. The SMILES string of the molecule is CC(=O)CC1Cc2cc3c(c(O)c2C(=O)O1)C(=O)c1c(O)cccc1C3=O. The molecule has 0 saturated carbocycles. The first-order valence-electron chi connectivity index (χ1n) is 8.30. The number of hydrogen-bond acceptors (Lipinski definition) is 7. The van der Waals surface area contributed by atoms with Crippen LogP contribution in [0.4, 0.5) is 0 Å². The zero-order valence-electron chi connectivity index (χ0n) is 14.2. The van der Waals surface area contributed by atoms with Gasteiger partial charge in [0.15, 0.2) is 5.78 Å². The van der Waals surface area contributed by atoms with Crippen LogP contribution in [0.25, 0.3) is 0 Å². The molecule has 1 aliphatic heterocycles. The summed E-state index contributed by atoms with van der Waals surface area (Å²) in [7, 11) is 0. The number of ketones is 3. The van der Waals surface area contributed by atoms with Crippen LogP contribution in [0.1, 0.15) is 61.1 Å². The number of aromatic hydroxyl groups is 2. The highest BCUT2D eigenvalue weighted by Crippen LogP contribution is 2.41. The van der Waals surface area contributed by atoms with Crippen molar-refractivity contribution in [3.63, 3.8) is 0 Å². The van der Waals surface area contributed by atoms with E-state index in [2.05, 4.69) is 0 Å². The van der Waals surface area contributed by atoms with Crippen molar-refractivity contribution < 1.29 is 34.1 Å². The standard InChI is InChI=1S/C20H14O7/c1-8(21)5-10-6-9-7-12-16(18(24)14(9)20(26)27-10)19(25)15-11(17(12)23)3-2-4-13(15)22/h2-4,7,10,22,24H,5-6H2,1H3. The Hall–Kier alpha value is -3.48. The van der Waals surface area contributed by atoms with Crippen molar-refractivity contribution in [2.24, 2.45) is 0 Å². The first kappa shape index (κ1) is 17.0. The van der Waals surface area contributed by atoms with Crippen LogP contribution >= 0.6 is 0 Å². The number of fused-ring (bicyclic) bond motifs is 3. The van der Waals surface area contributed by atoms with Gasteiger partial charge in [-0.2, -0.15) is 0 Å². The van der Waals surface area contributed by atoms with E-state index in [9.17, 15) is 29.4 Å². The molecular weight excluding hydrogens is 352 g/mol. The lowest BCUT2D eigenvalue weighted by Gasteiger charge is -2.27. The summed E-state index contributed by atoms with van der Waals surface area (Å²) in [5.41, 5.74) is -0.373. The number of esters is 1. The van der Waals surface area contributed by atoms with E-state index < -0.39 is 29.4 Å². The van der Waals surface area contributed by atoms with E-state index in [4.69, 9.17) is 4.74 Å². The zero-order chi connectivity index (χ0) is 19.5. The van der Waals surface area contributed by atoms with Gasteiger partial charge >= 0.3 is 5.97 Å². The van der Waals surface area contributed by atoms with Crippen LogP contribution in [0.5, 0.6) is 11.5 Å². The number of Topliss-reactive ketones (excluding diaryl/α,β-unsaturated/α-hetero) is 1. The van der Waals surface area contributed by atoms with E-state index in [1.54, 1.807) is 0 Å². The average molecular weight is 366 g/mol. The second kappa shape index (κ2) is 5.77. The van der Waals surface area contributed by atoms with Crippen LogP contribution < -0.4 is 0 Å². The van der Waals surface area contributed by atoms with Crippen molar-refractivity contribution in [1.29, 1.82) is 0 Å². The molecule has 136 valence electrons. The van der Waals surface area contributed by atoms with Crippen molar-refractivity contribution >= 4 is 23.3 Å². The van der Waals surface area contributed by atoms with E-state index in [1.165, 1.54) is 31.2 Å². The van der Waals surface area contributed by atoms with E-state index in [0.29, 0.717) is 5.56 Å². The van der Waals surface area contributed by atoms with Crippen LogP contribution in [-0.2, 0) is 16.0 Å².